The van der Waals surface area contributed by atoms with E-state index >= 15 is 0 Å². The fraction of sp³-hybridized carbons (Fsp3) is 0.500. The highest BCUT2D eigenvalue weighted by molar-refractivity contribution is 7.06. The highest BCUT2D eigenvalue weighted by atomic mass is 32.1. The number of aryl methyl sites for hydroxylation is 2. The van der Waals surface area contributed by atoms with Gasteiger partial charge in [-0.15, -0.1) is 0 Å². The first-order chi connectivity index (χ1) is 5.66. The maximum Gasteiger partial charge on any atom is 0.254 e. The van der Waals surface area contributed by atoms with E-state index in [1.54, 1.807) is 0 Å². The lowest BCUT2D eigenvalue weighted by molar-refractivity contribution is 0.0955. The summed E-state index contributed by atoms with van der Waals surface area (Å²) in [7, 11) is 0. The first-order valence-corrected chi connectivity index (χ1v) is 4.65. The molecule has 0 bridgehead atoms. The summed E-state index contributed by atoms with van der Waals surface area (Å²) in [5, 5.41) is 2.76. The Morgan fingerprint density at radius 3 is 2.67 bits per heavy atom. The van der Waals surface area contributed by atoms with Gasteiger partial charge in [-0.25, -0.2) is 0 Å². The molecule has 0 radical (unpaired) electrons. The van der Waals surface area contributed by atoms with E-state index in [1.807, 2.05) is 20.8 Å². The van der Waals surface area contributed by atoms with E-state index in [0.717, 1.165) is 16.1 Å². The lowest BCUT2D eigenvalue weighted by atomic mass is 10.2. The number of carbonyl (C=O) groups excluding carboxylic acids is 1. The monoisotopic (exact) mass is 184 g/mol. The Balaban J connectivity index is 2.93. The maximum absolute atomic E-state index is 11.4. The molecule has 0 saturated carbocycles. The predicted molar refractivity (Wildman–Crippen MR) is 49.6 cm³/mol. The summed E-state index contributed by atoms with van der Waals surface area (Å²) in [6.45, 7) is 6.33. The van der Waals surface area contributed by atoms with E-state index in [2.05, 4.69) is 9.69 Å². The van der Waals surface area contributed by atoms with Crippen molar-refractivity contribution in [2.75, 3.05) is 6.54 Å². The summed E-state index contributed by atoms with van der Waals surface area (Å²) in [5.74, 6) is -0.0127. The third-order valence-electron chi connectivity index (χ3n) is 1.60. The number of carbonyl (C=O) groups is 1. The van der Waals surface area contributed by atoms with Crippen LogP contribution in [0.15, 0.2) is 0 Å². The van der Waals surface area contributed by atoms with Crippen molar-refractivity contribution in [1.82, 2.24) is 9.69 Å². The molecule has 0 spiro atoms. The van der Waals surface area contributed by atoms with Crippen molar-refractivity contribution in [2.24, 2.45) is 0 Å². The van der Waals surface area contributed by atoms with E-state index < -0.39 is 0 Å². The lowest BCUT2D eigenvalue weighted by Gasteiger charge is -2.00. The third kappa shape index (κ3) is 1.64. The summed E-state index contributed by atoms with van der Waals surface area (Å²) < 4.78 is 4.10. The Morgan fingerprint density at radius 1 is 1.58 bits per heavy atom. The van der Waals surface area contributed by atoms with Crippen LogP contribution in [0.1, 0.15) is 27.9 Å². The van der Waals surface area contributed by atoms with Gasteiger partial charge in [0, 0.05) is 11.4 Å². The van der Waals surface area contributed by atoms with Gasteiger partial charge < -0.3 is 5.32 Å². The van der Waals surface area contributed by atoms with Gasteiger partial charge in [0.15, 0.2) is 0 Å². The van der Waals surface area contributed by atoms with Crippen molar-refractivity contribution < 1.29 is 4.79 Å². The van der Waals surface area contributed by atoms with Crippen molar-refractivity contribution in [2.45, 2.75) is 20.8 Å². The second-order valence-corrected chi connectivity index (χ2v) is 3.54. The van der Waals surface area contributed by atoms with E-state index in [1.165, 1.54) is 11.5 Å². The molecule has 12 heavy (non-hydrogen) atoms. The Labute approximate surface area is 76.0 Å². The van der Waals surface area contributed by atoms with Crippen LogP contribution in [0.25, 0.3) is 0 Å². The Kier molecular flexibility index (Phi) is 2.81. The van der Waals surface area contributed by atoms with Crippen molar-refractivity contribution in [3.63, 3.8) is 0 Å². The number of rotatable bonds is 2. The molecule has 1 N–H and O–H groups in total. The number of amides is 1. The second-order valence-electron chi connectivity index (χ2n) is 2.56. The molecular formula is C8H12N2OS. The van der Waals surface area contributed by atoms with E-state index in [4.69, 9.17) is 0 Å². The normalized spacial score (nSPS) is 9.92. The zero-order valence-electron chi connectivity index (χ0n) is 7.47. The molecular weight excluding hydrogens is 172 g/mol. The predicted octanol–water partition coefficient (Wildman–Crippen LogP) is 1.51. The topological polar surface area (TPSA) is 42.0 Å². The molecule has 0 saturated heterocycles. The largest absolute Gasteiger partial charge is 0.352 e. The number of hydrogen-bond acceptors (Lipinski definition) is 3. The zero-order valence-corrected chi connectivity index (χ0v) is 8.29. The molecule has 3 nitrogen and oxygen atoms in total. The molecule has 1 amide bonds. The third-order valence-corrected chi connectivity index (χ3v) is 2.44. The van der Waals surface area contributed by atoms with Gasteiger partial charge in [0.1, 0.15) is 0 Å². The van der Waals surface area contributed by atoms with Crippen LogP contribution in [0, 0.1) is 13.8 Å². The molecule has 1 heterocycles. The van der Waals surface area contributed by atoms with Gasteiger partial charge >= 0.3 is 0 Å². The fourth-order valence-corrected chi connectivity index (χ4v) is 1.75. The summed E-state index contributed by atoms with van der Waals surface area (Å²) >= 11 is 1.37. The smallest absolute Gasteiger partial charge is 0.254 e. The summed E-state index contributed by atoms with van der Waals surface area (Å²) in [5.41, 5.74) is 1.56. The SMILES string of the molecule is CCNC(=O)c1c(C)nsc1C. The molecule has 66 valence electrons. The van der Waals surface area contributed by atoms with Gasteiger partial charge in [-0.3, -0.25) is 4.79 Å². The standard InChI is InChI=1S/C8H12N2OS/c1-4-9-8(11)7-5(2)10-12-6(7)3/h4H2,1-3H3,(H,9,11). The van der Waals surface area contributed by atoms with E-state index in [9.17, 15) is 4.79 Å². The van der Waals surface area contributed by atoms with Crippen LogP contribution in [-0.2, 0) is 0 Å². The molecule has 1 aromatic rings. The van der Waals surface area contributed by atoms with Crippen molar-refractivity contribution in [1.29, 1.82) is 0 Å². The first kappa shape index (κ1) is 9.19. The molecule has 0 aliphatic carbocycles. The van der Waals surface area contributed by atoms with Crippen LogP contribution >= 0.6 is 11.5 Å². The van der Waals surface area contributed by atoms with Gasteiger partial charge in [0.2, 0.25) is 0 Å². The lowest BCUT2D eigenvalue weighted by Crippen LogP contribution is -2.23. The van der Waals surface area contributed by atoms with Gasteiger partial charge in [-0.2, -0.15) is 4.37 Å². The molecule has 1 rings (SSSR count). The Morgan fingerprint density at radius 2 is 2.25 bits per heavy atom. The molecule has 0 unspecified atom stereocenters. The molecule has 1 aromatic heterocycles. The number of hydrogen-bond donors (Lipinski definition) is 1. The van der Waals surface area contributed by atoms with Crippen LogP contribution in [0.5, 0.6) is 0 Å². The number of aromatic nitrogens is 1. The fourth-order valence-electron chi connectivity index (χ4n) is 1.06. The minimum absolute atomic E-state index is 0.0127. The Hall–Kier alpha value is -0.900. The quantitative estimate of drug-likeness (QED) is 0.757. The number of nitrogens with zero attached hydrogens (tertiary/aromatic N) is 1. The minimum Gasteiger partial charge on any atom is -0.352 e. The number of nitrogens with one attached hydrogen (secondary N) is 1. The summed E-state index contributed by atoms with van der Waals surface area (Å²) in [4.78, 5) is 12.4. The highest BCUT2D eigenvalue weighted by Gasteiger charge is 2.13. The molecule has 0 aromatic carbocycles. The Bertz CT molecular complexity index is 274. The van der Waals surface area contributed by atoms with Gasteiger partial charge in [-0.05, 0) is 32.3 Å². The first-order valence-electron chi connectivity index (χ1n) is 3.88. The molecule has 0 aliphatic heterocycles. The van der Waals surface area contributed by atoms with E-state index in [-0.39, 0.29) is 5.91 Å². The van der Waals surface area contributed by atoms with Gasteiger partial charge in [0.05, 0.1) is 11.3 Å². The second kappa shape index (κ2) is 3.67. The van der Waals surface area contributed by atoms with Crippen molar-refractivity contribution >= 4 is 17.4 Å². The van der Waals surface area contributed by atoms with Crippen LogP contribution in [0.3, 0.4) is 0 Å². The molecule has 4 heteroatoms. The van der Waals surface area contributed by atoms with Crippen LogP contribution < -0.4 is 5.32 Å². The van der Waals surface area contributed by atoms with E-state index in [0.29, 0.717) is 6.54 Å². The minimum atomic E-state index is -0.0127. The molecule has 0 atom stereocenters. The van der Waals surface area contributed by atoms with Crippen molar-refractivity contribution in [3.8, 4) is 0 Å². The summed E-state index contributed by atoms with van der Waals surface area (Å²) in [6, 6.07) is 0. The van der Waals surface area contributed by atoms with Gasteiger partial charge in [-0.1, -0.05) is 0 Å². The van der Waals surface area contributed by atoms with Crippen LogP contribution in [0.2, 0.25) is 0 Å². The van der Waals surface area contributed by atoms with Crippen LogP contribution in [0.4, 0.5) is 0 Å². The average Bonchev–Trinajstić information content (AvgIpc) is 2.32. The average molecular weight is 184 g/mol. The molecule has 0 fully saturated rings. The van der Waals surface area contributed by atoms with Crippen LogP contribution in [-0.4, -0.2) is 16.8 Å². The zero-order chi connectivity index (χ0) is 9.14. The van der Waals surface area contributed by atoms with Crippen molar-refractivity contribution in [3.05, 3.63) is 16.1 Å². The molecule has 0 aliphatic rings. The highest BCUT2D eigenvalue weighted by Crippen LogP contribution is 2.16. The maximum atomic E-state index is 11.4. The summed E-state index contributed by atoms with van der Waals surface area (Å²) in [6.07, 6.45) is 0. The van der Waals surface area contributed by atoms with Gasteiger partial charge in [0.25, 0.3) is 5.91 Å².